The van der Waals surface area contributed by atoms with Gasteiger partial charge in [-0.2, -0.15) is 0 Å². The molecule has 0 bridgehead atoms. The summed E-state index contributed by atoms with van der Waals surface area (Å²) in [6.45, 7) is 0.802. The van der Waals surface area contributed by atoms with E-state index in [4.69, 9.17) is 0 Å². The molecule has 3 nitrogen and oxygen atoms in total. The molecule has 1 saturated carbocycles. The van der Waals surface area contributed by atoms with Gasteiger partial charge in [-0.15, -0.1) is 0 Å². The SMILES string of the molecule is OC1(CCNc2ncc(Br)s2)CCC1. The van der Waals surface area contributed by atoms with Crippen LogP contribution < -0.4 is 5.32 Å². The Morgan fingerprint density at radius 3 is 2.93 bits per heavy atom. The number of nitrogens with one attached hydrogen (secondary N) is 1. The molecule has 78 valence electrons. The smallest absolute Gasteiger partial charge is 0.183 e. The lowest BCUT2D eigenvalue weighted by Gasteiger charge is -2.36. The second-order valence-corrected chi connectivity index (χ2v) is 6.13. The minimum absolute atomic E-state index is 0.387. The van der Waals surface area contributed by atoms with Crippen molar-refractivity contribution in [3.05, 3.63) is 9.98 Å². The van der Waals surface area contributed by atoms with E-state index in [2.05, 4.69) is 26.2 Å². The molecule has 0 aliphatic heterocycles. The molecular formula is C9H13BrN2OS. The van der Waals surface area contributed by atoms with Gasteiger partial charge in [-0.3, -0.25) is 0 Å². The number of rotatable bonds is 4. The van der Waals surface area contributed by atoms with Crippen molar-refractivity contribution in [1.29, 1.82) is 0 Å². The molecule has 1 aliphatic carbocycles. The van der Waals surface area contributed by atoms with Crippen molar-refractivity contribution in [2.75, 3.05) is 11.9 Å². The number of anilines is 1. The van der Waals surface area contributed by atoms with E-state index in [1.165, 1.54) is 6.42 Å². The van der Waals surface area contributed by atoms with Crippen molar-refractivity contribution in [3.8, 4) is 0 Å². The van der Waals surface area contributed by atoms with Gasteiger partial charge in [0.25, 0.3) is 0 Å². The largest absolute Gasteiger partial charge is 0.390 e. The highest BCUT2D eigenvalue weighted by molar-refractivity contribution is 9.11. The molecule has 0 amide bonds. The van der Waals surface area contributed by atoms with Crippen LogP contribution in [0.15, 0.2) is 9.98 Å². The van der Waals surface area contributed by atoms with Gasteiger partial charge in [0.15, 0.2) is 5.13 Å². The third kappa shape index (κ3) is 2.46. The fraction of sp³-hybridized carbons (Fsp3) is 0.667. The first kappa shape index (κ1) is 10.4. The molecule has 1 aromatic rings. The van der Waals surface area contributed by atoms with Gasteiger partial charge in [0.2, 0.25) is 0 Å². The number of hydrogen-bond donors (Lipinski definition) is 2. The number of thiazole rings is 1. The van der Waals surface area contributed by atoms with Crippen LogP contribution in [0.25, 0.3) is 0 Å². The number of nitrogens with zero attached hydrogens (tertiary/aromatic N) is 1. The van der Waals surface area contributed by atoms with E-state index < -0.39 is 0 Å². The zero-order valence-electron chi connectivity index (χ0n) is 7.79. The van der Waals surface area contributed by atoms with Crippen LogP contribution in [0.4, 0.5) is 5.13 Å². The van der Waals surface area contributed by atoms with Crippen molar-refractivity contribution >= 4 is 32.4 Å². The number of aliphatic hydroxyl groups is 1. The van der Waals surface area contributed by atoms with Crippen molar-refractivity contribution in [1.82, 2.24) is 4.98 Å². The molecule has 1 heterocycles. The molecule has 0 radical (unpaired) electrons. The van der Waals surface area contributed by atoms with Crippen molar-refractivity contribution in [2.24, 2.45) is 0 Å². The summed E-state index contributed by atoms with van der Waals surface area (Å²) in [6.07, 6.45) is 5.68. The molecular weight excluding hydrogens is 264 g/mol. The zero-order chi connectivity index (χ0) is 10.0. The van der Waals surface area contributed by atoms with E-state index in [9.17, 15) is 5.11 Å². The van der Waals surface area contributed by atoms with Crippen LogP contribution in [0.3, 0.4) is 0 Å². The Bertz CT molecular complexity index is 312. The Morgan fingerprint density at radius 2 is 2.43 bits per heavy atom. The van der Waals surface area contributed by atoms with Crippen LogP contribution in [0.5, 0.6) is 0 Å². The molecule has 0 unspecified atom stereocenters. The fourth-order valence-electron chi connectivity index (χ4n) is 1.57. The van der Waals surface area contributed by atoms with Crippen LogP contribution >= 0.6 is 27.3 Å². The van der Waals surface area contributed by atoms with Gasteiger partial charge in [-0.1, -0.05) is 11.3 Å². The van der Waals surface area contributed by atoms with Gasteiger partial charge in [-0.25, -0.2) is 4.98 Å². The van der Waals surface area contributed by atoms with E-state index in [0.29, 0.717) is 0 Å². The first-order valence-electron chi connectivity index (χ1n) is 4.76. The summed E-state index contributed by atoms with van der Waals surface area (Å²) in [5.41, 5.74) is -0.387. The molecule has 1 aliphatic rings. The number of hydrogen-bond acceptors (Lipinski definition) is 4. The standard InChI is InChI=1S/C9H13BrN2OS/c10-7-6-12-8(14-7)11-5-4-9(13)2-1-3-9/h6,13H,1-5H2,(H,11,12). The maximum absolute atomic E-state index is 9.83. The highest BCUT2D eigenvalue weighted by atomic mass is 79.9. The van der Waals surface area contributed by atoms with Crippen molar-refractivity contribution < 1.29 is 5.11 Å². The van der Waals surface area contributed by atoms with Gasteiger partial charge < -0.3 is 10.4 Å². The highest BCUT2D eigenvalue weighted by Crippen LogP contribution is 2.34. The van der Waals surface area contributed by atoms with E-state index in [1.807, 2.05) is 0 Å². The average molecular weight is 277 g/mol. The van der Waals surface area contributed by atoms with Crippen molar-refractivity contribution in [2.45, 2.75) is 31.3 Å². The second kappa shape index (κ2) is 4.16. The Kier molecular flexibility index (Phi) is 3.09. The molecule has 0 spiro atoms. The first-order valence-corrected chi connectivity index (χ1v) is 6.37. The van der Waals surface area contributed by atoms with Gasteiger partial charge in [0.05, 0.1) is 15.6 Å². The van der Waals surface area contributed by atoms with E-state index in [1.54, 1.807) is 17.5 Å². The number of halogens is 1. The molecule has 1 aromatic heterocycles. The van der Waals surface area contributed by atoms with Gasteiger partial charge in [-0.05, 0) is 41.6 Å². The first-order chi connectivity index (χ1) is 6.68. The highest BCUT2D eigenvalue weighted by Gasteiger charge is 2.33. The summed E-state index contributed by atoms with van der Waals surface area (Å²) in [5, 5.41) is 14.0. The number of aromatic nitrogens is 1. The van der Waals surface area contributed by atoms with Crippen LogP contribution in [-0.4, -0.2) is 22.2 Å². The second-order valence-electron chi connectivity index (χ2n) is 3.72. The van der Waals surface area contributed by atoms with Gasteiger partial charge >= 0.3 is 0 Å². The minimum Gasteiger partial charge on any atom is -0.390 e. The topological polar surface area (TPSA) is 45.1 Å². The summed E-state index contributed by atoms with van der Waals surface area (Å²) in [4.78, 5) is 4.16. The fourth-order valence-corrected chi connectivity index (χ4v) is 2.71. The van der Waals surface area contributed by atoms with Crippen LogP contribution in [0.1, 0.15) is 25.7 Å². The lowest BCUT2D eigenvalue weighted by molar-refractivity contribution is -0.0370. The lowest BCUT2D eigenvalue weighted by atomic mass is 9.78. The maximum Gasteiger partial charge on any atom is 0.183 e. The Balaban J connectivity index is 1.72. The summed E-state index contributed by atoms with van der Waals surface area (Å²) in [5.74, 6) is 0. The van der Waals surface area contributed by atoms with E-state index >= 15 is 0 Å². The third-order valence-electron chi connectivity index (χ3n) is 2.63. The monoisotopic (exact) mass is 276 g/mol. The van der Waals surface area contributed by atoms with Crippen LogP contribution in [-0.2, 0) is 0 Å². The Hall–Kier alpha value is -0.130. The normalized spacial score (nSPS) is 19.0. The quantitative estimate of drug-likeness (QED) is 0.889. The van der Waals surface area contributed by atoms with Gasteiger partial charge in [0.1, 0.15) is 0 Å². The maximum atomic E-state index is 9.83. The predicted molar refractivity (Wildman–Crippen MR) is 61.7 cm³/mol. The molecule has 2 N–H and O–H groups in total. The van der Waals surface area contributed by atoms with E-state index in [0.717, 1.165) is 34.7 Å². The van der Waals surface area contributed by atoms with Crippen molar-refractivity contribution in [3.63, 3.8) is 0 Å². The lowest BCUT2D eigenvalue weighted by Crippen LogP contribution is -2.38. The third-order valence-corrected chi connectivity index (χ3v) is 4.06. The molecule has 14 heavy (non-hydrogen) atoms. The zero-order valence-corrected chi connectivity index (χ0v) is 10.2. The molecule has 0 aromatic carbocycles. The minimum atomic E-state index is -0.387. The average Bonchev–Trinajstić information content (AvgIpc) is 2.49. The Morgan fingerprint density at radius 1 is 1.64 bits per heavy atom. The predicted octanol–water partition coefficient (Wildman–Crippen LogP) is 2.62. The van der Waals surface area contributed by atoms with Crippen LogP contribution in [0, 0.1) is 0 Å². The molecule has 0 saturated heterocycles. The summed E-state index contributed by atoms with van der Waals surface area (Å²) in [6, 6.07) is 0. The van der Waals surface area contributed by atoms with Gasteiger partial charge in [0, 0.05) is 6.54 Å². The molecule has 5 heteroatoms. The molecule has 0 atom stereocenters. The van der Waals surface area contributed by atoms with Crippen LogP contribution in [0.2, 0.25) is 0 Å². The van der Waals surface area contributed by atoms with E-state index in [-0.39, 0.29) is 5.60 Å². The molecule has 1 fully saturated rings. The molecule has 2 rings (SSSR count). The summed E-state index contributed by atoms with van der Waals surface area (Å²) in [7, 11) is 0. The Labute approximate surface area is 95.7 Å². The summed E-state index contributed by atoms with van der Waals surface area (Å²) >= 11 is 4.93. The summed E-state index contributed by atoms with van der Waals surface area (Å²) < 4.78 is 1.03.